The molecule has 4 aliphatic rings. The molecule has 2 heteroatoms. The highest BCUT2D eigenvalue weighted by Gasteiger charge is 2.78. The van der Waals surface area contributed by atoms with Gasteiger partial charge >= 0.3 is 0 Å². The number of aliphatic hydroxyl groups excluding tert-OH is 1. The normalized spacial score (nSPS) is 80.5. The average Bonchev–Trinajstić information content (AvgIpc) is 2.42. The zero-order chi connectivity index (χ0) is 8.32. The van der Waals surface area contributed by atoms with Gasteiger partial charge in [-0.1, -0.05) is 0 Å². The molecule has 0 aromatic heterocycles. The second-order valence-corrected chi connectivity index (χ2v) is 7.13. The Balaban J connectivity index is 1.79. The van der Waals surface area contributed by atoms with Gasteiger partial charge in [-0.25, -0.2) is 0 Å². The van der Waals surface area contributed by atoms with E-state index >= 15 is 0 Å². The van der Waals surface area contributed by atoms with Gasteiger partial charge in [0.1, 0.15) is 0 Å². The fourth-order valence-electron chi connectivity index (χ4n) is 5.72. The number of hydrogen-bond donors (Lipinski definition) is 1. The molecule has 0 aromatic rings. The minimum Gasteiger partial charge on any atom is -0.392 e. The van der Waals surface area contributed by atoms with E-state index in [1.165, 1.54) is 12.8 Å². The summed E-state index contributed by atoms with van der Waals surface area (Å²) < 4.78 is 0. The maximum atomic E-state index is 10.2. The van der Waals surface area contributed by atoms with Crippen LogP contribution in [0.4, 0.5) is 0 Å². The van der Waals surface area contributed by atoms with Gasteiger partial charge in [-0.3, -0.25) is 0 Å². The molecule has 13 heavy (non-hydrogen) atoms. The number of rotatable bonds is 0. The lowest BCUT2D eigenvalue weighted by Gasteiger charge is -2.53. The molecule has 0 amide bonds. The quantitative estimate of drug-likeness (QED) is 0.588. The van der Waals surface area contributed by atoms with Gasteiger partial charge in [0.2, 0.25) is 0 Å². The number of hydrogen-bond acceptors (Lipinski definition) is 2. The first-order valence-corrected chi connectivity index (χ1v) is 6.66. The zero-order valence-electron chi connectivity index (χ0n) is 7.47. The maximum absolute atomic E-state index is 10.2. The minimum absolute atomic E-state index is 0.118. The van der Waals surface area contributed by atoms with Crippen LogP contribution in [0.25, 0.3) is 0 Å². The third kappa shape index (κ3) is 0.460. The predicted octanol–water partition coefficient (Wildman–Crippen LogP) is 1.36. The van der Waals surface area contributed by atoms with Gasteiger partial charge in [-0.2, -0.15) is 11.8 Å². The molecule has 1 nitrogen and oxygen atoms in total. The Morgan fingerprint density at radius 2 is 1.69 bits per heavy atom. The summed E-state index contributed by atoms with van der Waals surface area (Å²) in [5, 5.41) is 12.0. The van der Waals surface area contributed by atoms with E-state index in [-0.39, 0.29) is 6.10 Å². The SMILES string of the molecule is O[C@@H]1[C@@H]2[C@@H]3CC[C@@H]4[C@@H]2S[C@@H]2[C@@H]1[C@H]3[C@@H]42. The van der Waals surface area contributed by atoms with E-state index in [1.54, 1.807) is 0 Å². The molecule has 4 rings (SSSR count). The summed E-state index contributed by atoms with van der Waals surface area (Å²) in [7, 11) is 0. The second kappa shape index (κ2) is 1.71. The fourth-order valence-corrected chi connectivity index (χ4v) is 8.23. The number of thioether (sulfide) groups is 1. The lowest BCUT2D eigenvalue weighted by Crippen LogP contribution is -2.54. The van der Waals surface area contributed by atoms with Crippen molar-refractivity contribution in [3.05, 3.63) is 0 Å². The van der Waals surface area contributed by atoms with Crippen molar-refractivity contribution in [2.75, 3.05) is 0 Å². The molecule has 0 unspecified atom stereocenters. The lowest BCUT2D eigenvalue weighted by molar-refractivity contribution is -0.0354. The Morgan fingerprint density at radius 1 is 0.846 bits per heavy atom. The van der Waals surface area contributed by atoms with E-state index in [0.717, 1.165) is 46.0 Å². The summed E-state index contributed by atoms with van der Waals surface area (Å²) in [6, 6.07) is 0. The molecule has 0 aromatic carbocycles. The number of fused-ring (bicyclic) bond motifs is 9. The third-order valence-electron chi connectivity index (χ3n) is 5.87. The smallest absolute Gasteiger partial charge is 0.0623 e. The Hall–Kier alpha value is 0.310. The Bertz CT molecular complexity index is 292. The van der Waals surface area contributed by atoms with Crippen LogP contribution in [0.3, 0.4) is 0 Å². The van der Waals surface area contributed by atoms with Gasteiger partial charge in [0.05, 0.1) is 6.10 Å². The summed E-state index contributed by atoms with van der Waals surface area (Å²) in [6.07, 6.45) is 3.07. The van der Waals surface area contributed by atoms with Crippen molar-refractivity contribution in [1.82, 2.24) is 0 Å². The third-order valence-corrected chi connectivity index (χ3v) is 7.79. The summed E-state index contributed by atoms with van der Waals surface area (Å²) in [5.74, 6) is 5.50. The van der Waals surface area contributed by atoms with Crippen molar-refractivity contribution < 1.29 is 5.11 Å². The molecule has 70 valence electrons. The molecule has 4 fully saturated rings. The molecule has 0 radical (unpaired) electrons. The molecule has 1 aliphatic heterocycles. The predicted molar refractivity (Wildman–Crippen MR) is 51.3 cm³/mol. The molecule has 9 atom stereocenters. The van der Waals surface area contributed by atoms with Gasteiger partial charge < -0.3 is 5.11 Å². The van der Waals surface area contributed by atoms with Crippen LogP contribution in [-0.4, -0.2) is 21.7 Å². The molecular formula is C11H14OS. The summed E-state index contributed by atoms with van der Waals surface area (Å²) in [4.78, 5) is 0. The first-order chi connectivity index (χ1) is 6.38. The molecule has 0 bridgehead atoms. The molecule has 1 N–H and O–H groups in total. The van der Waals surface area contributed by atoms with E-state index < -0.39 is 0 Å². The van der Waals surface area contributed by atoms with Gasteiger partial charge in [0.25, 0.3) is 0 Å². The van der Waals surface area contributed by atoms with E-state index in [0.29, 0.717) is 0 Å². The van der Waals surface area contributed by atoms with Crippen molar-refractivity contribution >= 4 is 11.8 Å². The molecule has 1 saturated heterocycles. The first kappa shape index (κ1) is 6.73. The van der Waals surface area contributed by atoms with E-state index in [9.17, 15) is 5.11 Å². The van der Waals surface area contributed by atoms with E-state index in [2.05, 4.69) is 11.8 Å². The van der Waals surface area contributed by atoms with Crippen LogP contribution in [0.2, 0.25) is 0 Å². The van der Waals surface area contributed by atoms with Crippen LogP contribution >= 0.6 is 11.8 Å². The van der Waals surface area contributed by atoms with Crippen LogP contribution in [0, 0.1) is 35.5 Å². The van der Waals surface area contributed by atoms with E-state index in [4.69, 9.17) is 0 Å². The molecule has 0 spiro atoms. The molecule has 3 aliphatic carbocycles. The van der Waals surface area contributed by atoms with Crippen molar-refractivity contribution in [1.29, 1.82) is 0 Å². The zero-order valence-corrected chi connectivity index (χ0v) is 8.28. The highest BCUT2D eigenvalue weighted by atomic mass is 32.2. The Kier molecular flexibility index (Phi) is 0.887. The maximum Gasteiger partial charge on any atom is 0.0623 e. The highest BCUT2D eigenvalue weighted by molar-refractivity contribution is 8.01. The molecule has 1 heterocycles. The van der Waals surface area contributed by atoms with Crippen LogP contribution < -0.4 is 0 Å². The van der Waals surface area contributed by atoms with Gasteiger partial charge in [-0.05, 0) is 36.5 Å². The lowest BCUT2D eigenvalue weighted by atomic mass is 9.50. The van der Waals surface area contributed by atoms with Crippen molar-refractivity contribution in [3.8, 4) is 0 Å². The summed E-state index contributed by atoms with van der Waals surface area (Å²) >= 11 is 2.27. The molecule has 3 saturated carbocycles. The second-order valence-electron chi connectivity index (χ2n) is 5.77. The van der Waals surface area contributed by atoms with Crippen molar-refractivity contribution in [3.63, 3.8) is 0 Å². The Labute approximate surface area is 82.3 Å². The monoisotopic (exact) mass is 194 g/mol. The Morgan fingerprint density at radius 3 is 2.62 bits per heavy atom. The van der Waals surface area contributed by atoms with Crippen LogP contribution in [0.15, 0.2) is 0 Å². The van der Waals surface area contributed by atoms with Crippen LogP contribution in [-0.2, 0) is 0 Å². The van der Waals surface area contributed by atoms with Crippen LogP contribution in [0.1, 0.15) is 12.8 Å². The average molecular weight is 194 g/mol. The van der Waals surface area contributed by atoms with Crippen LogP contribution in [0.5, 0.6) is 0 Å². The summed E-state index contributed by atoms with van der Waals surface area (Å²) in [6.45, 7) is 0. The van der Waals surface area contributed by atoms with Gasteiger partial charge in [0, 0.05) is 22.3 Å². The van der Waals surface area contributed by atoms with E-state index in [1.807, 2.05) is 0 Å². The summed E-state index contributed by atoms with van der Waals surface area (Å²) in [5.41, 5.74) is 0. The first-order valence-electron chi connectivity index (χ1n) is 5.71. The highest BCUT2D eigenvalue weighted by Crippen LogP contribution is 2.79. The van der Waals surface area contributed by atoms with Crippen molar-refractivity contribution in [2.45, 2.75) is 29.4 Å². The number of aliphatic hydroxyl groups is 1. The van der Waals surface area contributed by atoms with Gasteiger partial charge in [-0.15, -0.1) is 0 Å². The fraction of sp³-hybridized carbons (Fsp3) is 1.00. The standard InChI is InChI=1S/C11H14OS/c12-9-7-3-1-2-4-6-5(3)8(9)11(6)13-10(4)7/h3-12H,1-2H2/t3-,4+,5-,6-,7+,8-,9-,10+,11+/m1/s1. The molecular weight excluding hydrogens is 180 g/mol. The minimum atomic E-state index is 0.118. The topological polar surface area (TPSA) is 20.2 Å². The van der Waals surface area contributed by atoms with Gasteiger partial charge in [0.15, 0.2) is 0 Å². The largest absolute Gasteiger partial charge is 0.392 e. The van der Waals surface area contributed by atoms with Crippen molar-refractivity contribution in [2.24, 2.45) is 35.5 Å².